The molecule has 1 aliphatic rings. The second-order valence-corrected chi connectivity index (χ2v) is 11.4. The summed E-state index contributed by atoms with van der Waals surface area (Å²) in [6, 6.07) is 20.1. The lowest BCUT2D eigenvalue weighted by Crippen LogP contribution is -2.37. The third-order valence-corrected chi connectivity index (χ3v) is 8.29. The van der Waals surface area contributed by atoms with E-state index in [9.17, 15) is 13.2 Å². The Kier molecular flexibility index (Phi) is 13.3. The fourth-order valence-corrected chi connectivity index (χ4v) is 5.87. The van der Waals surface area contributed by atoms with Crippen LogP contribution < -0.4 is 9.46 Å². The summed E-state index contributed by atoms with van der Waals surface area (Å²) in [7, 11) is 3.77. The molecule has 3 unspecified atom stereocenters. The van der Waals surface area contributed by atoms with E-state index >= 15 is 0 Å². The Hall–Kier alpha value is -3.54. The van der Waals surface area contributed by atoms with E-state index in [1.54, 1.807) is 7.05 Å². The number of carbonyl (C=O) groups is 1. The van der Waals surface area contributed by atoms with Crippen LogP contribution in [0.4, 0.5) is 13.2 Å². The van der Waals surface area contributed by atoms with Gasteiger partial charge in [0.25, 0.3) is 6.47 Å². The van der Waals surface area contributed by atoms with Gasteiger partial charge in [-0.3, -0.25) is 9.52 Å². The van der Waals surface area contributed by atoms with Gasteiger partial charge in [-0.25, -0.2) is 4.98 Å². The highest BCUT2D eigenvalue weighted by atomic mass is 32.1. The zero-order valence-corrected chi connectivity index (χ0v) is 27.1. The Morgan fingerprint density at radius 2 is 1.67 bits per heavy atom. The number of halogens is 3. The van der Waals surface area contributed by atoms with Gasteiger partial charge < -0.3 is 19.1 Å². The van der Waals surface area contributed by atoms with E-state index in [1.807, 2.05) is 20.9 Å². The number of fused-ring (bicyclic) bond motifs is 1. The zero-order valence-electron chi connectivity index (χ0n) is 26.2. The van der Waals surface area contributed by atoms with Gasteiger partial charge in [0.1, 0.15) is 11.6 Å². The van der Waals surface area contributed by atoms with Crippen LogP contribution in [0.5, 0.6) is 5.75 Å². The number of aryl methyl sites for hydroxylation is 2. The second-order valence-electron chi connectivity index (χ2n) is 11.0. The van der Waals surface area contributed by atoms with E-state index in [4.69, 9.17) is 19.4 Å². The summed E-state index contributed by atoms with van der Waals surface area (Å²) >= 11 is 3.54. The van der Waals surface area contributed by atoms with Crippen molar-refractivity contribution in [2.45, 2.75) is 51.8 Å². The molecule has 0 amide bonds. The summed E-state index contributed by atoms with van der Waals surface area (Å²) in [5, 5.41) is 6.89. The van der Waals surface area contributed by atoms with Gasteiger partial charge in [-0.05, 0) is 105 Å². The number of nitrogens with zero attached hydrogens (tertiary/aromatic N) is 2. The van der Waals surface area contributed by atoms with Crippen LogP contribution in [-0.2, 0) is 22.8 Å². The van der Waals surface area contributed by atoms with E-state index in [-0.39, 0.29) is 18.5 Å². The molecule has 4 atom stereocenters. The van der Waals surface area contributed by atoms with Crippen molar-refractivity contribution in [2.75, 3.05) is 20.3 Å². The molecule has 3 aromatic carbocycles. The molecule has 1 fully saturated rings. The summed E-state index contributed by atoms with van der Waals surface area (Å²) in [5.41, 5.74) is 5.00. The van der Waals surface area contributed by atoms with Gasteiger partial charge in [-0.2, -0.15) is 13.2 Å². The van der Waals surface area contributed by atoms with Crippen LogP contribution in [0, 0.1) is 18.8 Å². The van der Waals surface area contributed by atoms with Gasteiger partial charge in [0, 0.05) is 13.7 Å². The molecule has 1 aromatic heterocycles. The van der Waals surface area contributed by atoms with Crippen LogP contribution in [0.1, 0.15) is 49.6 Å². The molecule has 1 heterocycles. The molecule has 4 aromatic rings. The smallest absolute Gasteiger partial charge is 0.416 e. The van der Waals surface area contributed by atoms with Gasteiger partial charge >= 0.3 is 6.18 Å². The molecule has 2 N–H and O–H groups in total. The summed E-state index contributed by atoms with van der Waals surface area (Å²) < 4.78 is 55.3. The summed E-state index contributed by atoms with van der Waals surface area (Å²) in [5.74, 6) is 2.29. The Morgan fingerprint density at radius 1 is 1.07 bits per heavy atom. The number of rotatable bonds is 7. The lowest BCUT2D eigenvalue weighted by Gasteiger charge is -2.40. The van der Waals surface area contributed by atoms with Crippen molar-refractivity contribution < 1.29 is 32.5 Å². The number of aromatic nitrogens is 2. The van der Waals surface area contributed by atoms with Crippen molar-refractivity contribution in [3.8, 4) is 16.9 Å². The summed E-state index contributed by atoms with van der Waals surface area (Å²) in [6.45, 7) is 7.10. The molecule has 45 heavy (non-hydrogen) atoms. The molecule has 0 bridgehead atoms. The molecule has 0 aliphatic heterocycles. The van der Waals surface area contributed by atoms with Gasteiger partial charge in [0.05, 0.1) is 29.3 Å². The first-order valence-corrected chi connectivity index (χ1v) is 15.3. The Labute approximate surface area is 268 Å². The quantitative estimate of drug-likeness (QED) is 0.140. The number of ether oxygens (including phenoxy) is 2. The maximum atomic E-state index is 12.9. The predicted octanol–water partition coefficient (Wildman–Crippen LogP) is 7.93. The average molecular weight is 646 g/mol. The first-order chi connectivity index (χ1) is 21.5. The second kappa shape index (κ2) is 16.7. The zero-order chi connectivity index (χ0) is 33.1. The van der Waals surface area contributed by atoms with Crippen molar-refractivity contribution in [2.24, 2.45) is 18.9 Å². The number of hydrogen-bond acceptors (Lipinski definition) is 6. The van der Waals surface area contributed by atoms with Crippen molar-refractivity contribution in [1.29, 1.82) is 0 Å². The number of carboxylic acid groups (broad SMARTS) is 1. The lowest BCUT2D eigenvalue weighted by molar-refractivity contribution is -0.137. The van der Waals surface area contributed by atoms with Gasteiger partial charge in [0.15, 0.2) is 0 Å². The monoisotopic (exact) mass is 645 g/mol. The molecule has 0 saturated heterocycles. The van der Waals surface area contributed by atoms with Crippen LogP contribution in [0.25, 0.3) is 22.2 Å². The number of thiol groups is 1. The highest BCUT2D eigenvalue weighted by Gasteiger charge is 2.37. The number of nitrogens with one attached hydrogen (secondary N) is 1. The minimum absolute atomic E-state index is 0.117. The first-order valence-electron chi connectivity index (χ1n) is 14.8. The topological polar surface area (TPSA) is 85.6 Å². The third-order valence-electron chi connectivity index (χ3n) is 8.29. The minimum atomic E-state index is -4.35. The highest BCUT2D eigenvalue weighted by Crippen LogP contribution is 2.43. The van der Waals surface area contributed by atoms with Crippen molar-refractivity contribution in [3.05, 3.63) is 83.7 Å². The predicted molar refractivity (Wildman–Crippen MR) is 175 cm³/mol. The molecule has 1 saturated carbocycles. The maximum absolute atomic E-state index is 12.9. The highest BCUT2D eigenvalue weighted by molar-refractivity contribution is 7.78. The SMILES string of the molecule is CCOC1CC(COc2ccc(C(F)(F)F)cc2)[C@H](C)C(c2ccc(-c3ccc4c(c3)nc(C)n4C)cc2)C1.CNS.O=CO. The summed E-state index contributed by atoms with van der Waals surface area (Å²) in [4.78, 5) is 13.0. The molecule has 11 heteroatoms. The number of imidazole rings is 1. The van der Waals surface area contributed by atoms with Crippen LogP contribution in [0.15, 0.2) is 66.7 Å². The number of benzene rings is 3. The van der Waals surface area contributed by atoms with Crippen LogP contribution >= 0.6 is 12.8 Å². The standard InChI is InChI=1S/C32H35F3N2O2.CH5NS.CH2O2/c1-5-38-28-16-25(19-39-27-13-11-26(12-14-27)32(33,34)35)20(2)29(18-28)23-8-6-22(7-9-23)24-10-15-31-30(17-24)36-21(3)37(31)4;1-2-3;2-1-3/h6-15,17,20,25,28-29H,5,16,18-19H2,1-4H3;2-3H,1H3;1H,(H,2,3)/t20-,25?,28?,29?;;/m0../s1. The van der Waals surface area contributed by atoms with Crippen molar-refractivity contribution in [3.63, 3.8) is 0 Å². The van der Waals surface area contributed by atoms with E-state index in [1.165, 1.54) is 17.7 Å². The van der Waals surface area contributed by atoms with Crippen molar-refractivity contribution >= 4 is 30.3 Å². The van der Waals surface area contributed by atoms with Crippen LogP contribution in [0.3, 0.4) is 0 Å². The number of hydrogen-bond donors (Lipinski definition) is 3. The van der Waals surface area contributed by atoms with Crippen LogP contribution in [0.2, 0.25) is 0 Å². The molecule has 7 nitrogen and oxygen atoms in total. The molecule has 5 rings (SSSR count). The van der Waals surface area contributed by atoms with E-state index in [0.29, 0.717) is 30.8 Å². The maximum Gasteiger partial charge on any atom is 0.416 e. The molecule has 0 radical (unpaired) electrons. The Morgan fingerprint density at radius 3 is 2.24 bits per heavy atom. The fourth-order valence-electron chi connectivity index (χ4n) is 5.87. The fraction of sp³-hybridized carbons (Fsp3) is 0.412. The van der Waals surface area contributed by atoms with E-state index in [2.05, 4.69) is 76.5 Å². The van der Waals surface area contributed by atoms with E-state index in [0.717, 1.165) is 53.0 Å². The van der Waals surface area contributed by atoms with Gasteiger partial charge in [-0.1, -0.05) is 50.1 Å². The average Bonchev–Trinajstić information content (AvgIpc) is 3.30. The largest absolute Gasteiger partial charge is 0.493 e. The van der Waals surface area contributed by atoms with E-state index < -0.39 is 11.7 Å². The molecule has 0 spiro atoms. The van der Waals surface area contributed by atoms with Crippen LogP contribution in [-0.4, -0.2) is 47.5 Å². The van der Waals surface area contributed by atoms with Gasteiger partial charge in [-0.15, -0.1) is 0 Å². The summed E-state index contributed by atoms with van der Waals surface area (Å²) in [6.07, 6.45) is -2.43. The number of alkyl halides is 3. The molecular weight excluding hydrogens is 603 g/mol. The first kappa shape index (κ1) is 35.9. The normalized spacial score (nSPS) is 19.6. The molecular formula is C34H42F3N3O4S. The minimum Gasteiger partial charge on any atom is -0.493 e. The molecule has 244 valence electrons. The Balaban J connectivity index is 0.000000853. The van der Waals surface area contributed by atoms with Gasteiger partial charge in [0.2, 0.25) is 0 Å². The Bertz CT molecular complexity index is 1490. The van der Waals surface area contributed by atoms with Crippen molar-refractivity contribution in [1.82, 2.24) is 14.3 Å². The third kappa shape index (κ3) is 9.48. The molecule has 1 aliphatic carbocycles. The lowest BCUT2D eigenvalue weighted by atomic mass is 9.69.